The molecule has 0 aromatic carbocycles. The number of hydrogen-bond acceptors (Lipinski definition) is 9. The van der Waals surface area contributed by atoms with E-state index in [1.165, 1.54) is 19.4 Å². The van der Waals surface area contributed by atoms with Gasteiger partial charge in [-0.05, 0) is 19.8 Å². The molecular formula is C17H48Cl2N4O5Si5-2. The first-order chi connectivity index (χ1) is 15.0. The van der Waals surface area contributed by atoms with E-state index in [4.69, 9.17) is 22.2 Å². The fourth-order valence-electron chi connectivity index (χ4n) is 3.03. The highest BCUT2D eigenvalue weighted by Crippen LogP contribution is 2.16. The monoisotopic (exact) mass is 598 g/mol. The lowest BCUT2D eigenvalue weighted by Gasteiger charge is -2.28. The molecule has 2 rings (SSSR count). The van der Waals surface area contributed by atoms with Crippen LogP contribution in [0.2, 0.25) is 6.04 Å². The Balaban J connectivity index is -0.000000226. The van der Waals surface area contributed by atoms with Crippen molar-refractivity contribution < 1.29 is 47.1 Å². The lowest BCUT2D eigenvalue weighted by Crippen LogP contribution is -3.00. The van der Waals surface area contributed by atoms with Crippen LogP contribution in [0.1, 0.15) is 33.1 Å². The summed E-state index contributed by atoms with van der Waals surface area (Å²) in [4.78, 5) is 23.3. The van der Waals surface area contributed by atoms with Crippen molar-refractivity contribution in [3.8, 4) is 0 Å². The third-order valence-corrected chi connectivity index (χ3v) is 11.3. The molecule has 16 heteroatoms. The molecule has 0 fully saturated rings. The van der Waals surface area contributed by atoms with Crippen molar-refractivity contribution >= 4 is 50.7 Å². The Bertz CT molecular complexity index is 476. The van der Waals surface area contributed by atoms with E-state index >= 15 is 0 Å². The summed E-state index contributed by atoms with van der Waals surface area (Å²) < 4.78 is 17.0. The molecule has 0 bridgehead atoms. The molecule has 0 aliphatic carbocycles. The lowest BCUT2D eigenvalue weighted by atomic mass is 10.3. The number of halogens is 2. The smallest absolute Gasteiger partial charge is 0.478 e. The van der Waals surface area contributed by atoms with E-state index in [2.05, 4.69) is 65.4 Å². The minimum absolute atomic E-state index is 0. The molecule has 0 unspecified atom stereocenters. The topological polar surface area (TPSA) is 81.1 Å². The first kappa shape index (κ1) is 40.3. The van der Waals surface area contributed by atoms with Crippen LogP contribution >= 0.6 is 0 Å². The van der Waals surface area contributed by atoms with Gasteiger partial charge in [0.25, 0.3) is 0 Å². The van der Waals surface area contributed by atoms with Gasteiger partial charge in [-0.15, -0.1) is 0 Å². The zero-order chi connectivity index (χ0) is 24.1. The van der Waals surface area contributed by atoms with E-state index in [1.807, 2.05) is 6.92 Å². The maximum Gasteiger partial charge on any atom is 0.478 e. The van der Waals surface area contributed by atoms with Crippen LogP contribution in [0.3, 0.4) is 0 Å². The highest BCUT2D eigenvalue weighted by molar-refractivity contribution is 6.66. The number of hydrogen-bond donors (Lipinski definition) is 2. The quantitative estimate of drug-likeness (QED) is 0.225. The number of nitrogens with zero attached hydrogens (tertiary/aromatic N) is 4. The summed E-state index contributed by atoms with van der Waals surface area (Å²) in [6, 6.07) is 0.932. The predicted molar refractivity (Wildman–Crippen MR) is 145 cm³/mol. The van der Waals surface area contributed by atoms with Gasteiger partial charge in [-0.1, -0.05) is 13.3 Å². The second-order valence-corrected chi connectivity index (χ2v) is 12.4. The molecule has 0 saturated carbocycles. The minimum atomic E-state index is -2.27. The summed E-state index contributed by atoms with van der Waals surface area (Å²) in [7, 11) is 3.90. The molecule has 2 heterocycles. The standard InChI is InChI=1S/C9H24N2O3Si3.C8H16N2.2ClH.2H4OSi/c1-3-12-17(13-15,14-16)8-4-5-11-7-6-10(2)9-11;1-3-4-5-10-7-6-9(2)8-10;;;2*1-2/h6-7H,3-5,8-9H2,1-2,15-16H3;6-7H,3-5,8H2,1-2H3;2*1H;2*1H,2H3/p-2. The SMILES string of the molecule is CCCCN1C=CN(C)C1.CCO[Si](CCCN1C=CN(C)C1)(O[SiH3])O[SiH3].O[SiH3].O[SiH3].[Cl-].[Cl-]. The van der Waals surface area contributed by atoms with E-state index < -0.39 is 8.80 Å². The van der Waals surface area contributed by atoms with Crippen molar-refractivity contribution in [2.24, 2.45) is 0 Å². The first-order valence-corrected chi connectivity index (χ1v) is 16.2. The second kappa shape index (κ2) is 26.7. The molecule has 2 N–H and O–H groups in total. The van der Waals surface area contributed by atoms with Gasteiger partial charge in [0.15, 0.2) is 0 Å². The highest BCUT2D eigenvalue weighted by Gasteiger charge is 2.36. The van der Waals surface area contributed by atoms with Gasteiger partial charge in [-0.2, -0.15) is 0 Å². The molecule has 33 heavy (non-hydrogen) atoms. The van der Waals surface area contributed by atoms with Crippen molar-refractivity contribution in [1.29, 1.82) is 0 Å². The van der Waals surface area contributed by atoms with Crippen LogP contribution in [0.15, 0.2) is 24.8 Å². The minimum Gasteiger partial charge on any atom is -1.00 e. The Morgan fingerprint density at radius 1 is 0.788 bits per heavy atom. The molecule has 0 aromatic heterocycles. The fourth-order valence-corrected chi connectivity index (χ4v) is 8.94. The van der Waals surface area contributed by atoms with Crippen LogP contribution < -0.4 is 24.8 Å². The van der Waals surface area contributed by atoms with Crippen LogP contribution in [0, 0.1) is 0 Å². The van der Waals surface area contributed by atoms with Crippen LogP contribution in [0.5, 0.6) is 0 Å². The van der Waals surface area contributed by atoms with Gasteiger partial charge in [0.2, 0.25) is 0 Å². The highest BCUT2D eigenvalue weighted by atomic mass is 35.5. The summed E-state index contributed by atoms with van der Waals surface area (Å²) >= 11 is 0. The van der Waals surface area contributed by atoms with Crippen LogP contribution in [-0.2, 0) is 12.7 Å². The van der Waals surface area contributed by atoms with Crippen molar-refractivity contribution in [1.82, 2.24) is 19.6 Å². The van der Waals surface area contributed by atoms with Gasteiger partial charge in [0, 0.05) is 64.6 Å². The van der Waals surface area contributed by atoms with E-state index in [9.17, 15) is 0 Å². The van der Waals surface area contributed by atoms with Crippen molar-refractivity contribution in [2.45, 2.75) is 39.2 Å². The van der Waals surface area contributed by atoms with E-state index in [0.717, 1.165) is 32.3 Å². The first-order valence-electron chi connectivity index (χ1n) is 10.9. The van der Waals surface area contributed by atoms with Crippen molar-refractivity contribution in [3.05, 3.63) is 24.8 Å². The molecule has 0 amide bonds. The van der Waals surface area contributed by atoms with Crippen LogP contribution in [-0.4, -0.2) is 127 Å². The Kier molecular flexibility index (Phi) is 32.7. The molecule has 202 valence electrons. The summed E-state index contributed by atoms with van der Waals surface area (Å²) in [6.45, 7) is 9.20. The maximum atomic E-state index is 7.14. The fraction of sp³-hybridized carbons (Fsp3) is 0.765. The van der Waals surface area contributed by atoms with Gasteiger partial charge < -0.3 is 66.7 Å². The molecule has 0 atom stereocenters. The summed E-state index contributed by atoms with van der Waals surface area (Å²) in [5.74, 6) is 0. The Hall–Kier alpha value is 0.144. The number of unbranched alkanes of at least 4 members (excludes halogenated alkanes) is 1. The second-order valence-electron chi connectivity index (χ2n) is 7.00. The third kappa shape index (κ3) is 19.1. The molecule has 0 spiro atoms. The normalized spacial score (nSPS) is 15.6. The van der Waals surface area contributed by atoms with Crippen molar-refractivity contribution in [2.75, 3.05) is 47.1 Å². The predicted octanol–water partition coefficient (Wildman–Crippen LogP) is -9.39. The third-order valence-electron chi connectivity index (χ3n) is 4.59. The summed E-state index contributed by atoms with van der Waals surface area (Å²) in [6.07, 6.45) is 12.2. The molecule has 2 aliphatic heterocycles. The van der Waals surface area contributed by atoms with Gasteiger partial charge in [0.05, 0.1) is 13.3 Å². The molecule has 9 nitrogen and oxygen atoms in total. The summed E-state index contributed by atoms with van der Waals surface area (Å²) in [5.41, 5.74) is 0. The molecule has 2 aliphatic rings. The average molecular weight is 600 g/mol. The zero-order valence-electron chi connectivity index (χ0n) is 21.8. The molecule has 0 aromatic rings. The van der Waals surface area contributed by atoms with Crippen LogP contribution in [0.25, 0.3) is 0 Å². The van der Waals surface area contributed by atoms with Gasteiger partial charge >= 0.3 is 8.80 Å². The zero-order valence-corrected chi connectivity index (χ0v) is 32.3. The lowest BCUT2D eigenvalue weighted by molar-refractivity contribution is -0.00100. The van der Waals surface area contributed by atoms with E-state index in [0.29, 0.717) is 48.6 Å². The van der Waals surface area contributed by atoms with Gasteiger partial charge in [-0.25, -0.2) is 0 Å². The van der Waals surface area contributed by atoms with Crippen LogP contribution in [0.4, 0.5) is 0 Å². The molecule has 0 saturated heterocycles. The number of rotatable bonds is 11. The molecular weight excluding hydrogens is 552 g/mol. The van der Waals surface area contributed by atoms with E-state index in [1.54, 1.807) is 0 Å². The maximum absolute atomic E-state index is 7.14. The Morgan fingerprint density at radius 2 is 1.21 bits per heavy atom. The Labute approximate surface area is 227 Å². The molecule has 0 radical (unpaired) electrons. The van der Waals surface area contributed by atoms with Gasteiger partial charge in [-0.3, -0.25) is 0 Å². The van der Waals surface area contributed by atoms with Gasteiger partial charge in [0.1, 0.15) is 41.9 Å². The van der Waals surface area contributed by atoms with Crippen molar-refractivity contribution in [3.63, 3.8) is 0 Å². The average Bonchev–Trinajstić information content (AvgIpc) is 3.42. The van der Waals surface area contributed by atoms with E-state index in [-0.39, 0.29) is 24.8 Å². The Morgan fingerprint density at radius 3 is 1.52 bits per heavy atom. The summed E-state index contributed by atoms with van der Waals surface area (Å²) in [5, 5.41) is 0. The largest absolute Gasteiger partial charge is 1.00 e.